The van der Waals surface area contributed by atoms with Crippen LogP contribution in [0.25, 0.3) is 6.08 Å². The SMILES string of the molecule is COc1ccc(C(=O)/C=C/c2ccccc2OCc2cn(CC(O)CN3C(=O)C(=O)c4cc(Cl)ccc43)nn2)c(OC)c1. The van der Waals surface area contributed by atoms with E-state index < -0.39 is 17.8 Å². The highest BCUT2D eigenvalue weighted by Gasteiger charge is 2.36. The number of hydrogen-bond acceptors (Lipinski definition) is 9. The third-order valence-corrected chi connectivity index (χ3v) is 6.93. The van der Waals surface area contributed by atoms with Gasteiger partial charge >= 0.3 is 0 Å². The van der Waals surface area contributed by atoms with E-state index in [2.05, 4.69) is 10.3 Å². The smallest absolute Gasteiger partial charge is 0.299 e. The molecule has 1 aromatic heterocycles. The molecule has 1 amide bonds. The van der Waals surface area contributed by atoms with Crippen molar-refractivity contribution >= 4 is 40.8 Å². The number of carbonyl (C=O) groups excluding carboxylic acids is 3. The minimum absolute atomic E-state index is 0.0319. The zero-order valence-corrected chi connectivity index (χ0v) is 24.0. The molecule has 1 unspecified atom stereocenters. The fraction of sp³-hybridized carbons (Fsp3) is 0.194. The molecule has 220 valence electrons. The highest BCUT2D eigenvalue weighted by atomic mass is 35.5. The van der Waals surface area contributed by atoms with Crippen molar-refractivity contribution in [1.82, 2.24) is 15.0 Å². The summed E-state index contributed by atoms with van der Waals surface area (Å²) in [6.07, 6.45) is 3.69. The maximum Gasteiger partial charge on any atom is 0.299 e. The molecule has 12 heteroatoms. The maximum atomic E-state index is 12.9. The van der Waals surface area contributed by atoms with Crippen LogP contribution in [0.1, 0.15) is 32.0 Å². The van der Waals surface area contributed by atoms with E-state index in [0.29, 0.717) is 44.8 Å². The van der Waals surface area contributed by atoms with Gasteiger partial charge in [0.25, 0.3) is 11.7 Å². The number of ether oxygens (including phenoxy) is 3. The zero-order valence-electron chi connectivity index (χ0n) is 23.3. The van der Waals surface area contributed by atoms with Gasteiger partial charge in [-0.25, -0.2) is 4.68 Å². The number of Topliss-reactive ketones (excluding diaryl/α,β-unsaturated/α-hetero) is 1. The molecule has 5 rings (SSSR count). The van der Waals surface area contributed by atoms with Crippen LogP contribution in [0.2, 0.25) is 5.02 Å². The van der Waals surface area contributed by atoms with Gasteiger partial charge in [0, 0.05) is 16.7 Å². The Bertz CT molecular complexity index is 1720. The number of β-amino-alcohol motifs (C(OH)–C–C–N with tert-alkyl or cyclic N) is 1. The van der Waals surface area contributed by atoms with E-state index in [4.69, 9.17) is 25.8 Å². The summed E-state index contributed by atoms with van der Waals surface area (Å²) in [6, 6.07) is 16.8. The van der Waals surface area contributed by atoms with E-state index in [0.717, 1.165) is 0 Å². The molecule has 0 spiro atoms. The van der Waals surface area contributed by atoms with Gasteiger partial charge in [-0.05, 0) is 48.6 Å². The molecule has 0 fully saturated rings. The number of allylic oxidation sites excluding steroid dienone is 1. The van der Waals surface area contributed by atoms with Crippen LogP contribution < -0.4 is 19.1 Å². The molecule has 0 radical (unpaired) electrons. The van der Waals surface area contributed by atoms with Crippen molar-refractivity contribution in [2.75, 3.05) is 25.7 Å². The Kier molecular flexibility index (Phi) is 8.84. The van der Waals surface area contributed by atoms with Crippen molar-refractivity contribution in [3.05, 3.63) is 100 Å². The Morgan fingerprint density at radius 2 is 1.84 bits per heavy atom. The first kappa shape index (κ1) is 29.5. The minimum atomic E-state index is -1.03. The van der Waals surface area contributed by atoms with Crippen molar-refractivity contribution in [1.29, 1.82) is 0 Å². The number of methoxy groups -OCH3 is 2. The van der Waals surface area contributed by atoms with E-state index in [1.54, 1.807) is 48.7 Å². The molecular formula is C31H27ClN4O7. The Hall–Kier alpha value is -5.00. The number of hydrogen-bond donors (Lipinski definition) is 1. The van der Waals surface area contributed by atoms with Crippen LogP contribution in [0.4, 0.5) is 5.69 Å². The van der Waals surface area contributed by atoms with Gasteiger partial charge in [0.15, 0.2) is 5.78 Å². The van der Waals surface area contributed by atoms with Gasteiger partial charge in [-0.2, -0.15) is 0 Å². The predicted octanol–water partition coefficient (Wildman–Crippen LogP) is 4.01. The van der Waals surface area contributed by atoms with Crippen LogP contribution in [-0.4, -0.2) is 64.4 Å². The summed E-state index contributed by atoms with van der Waals surface area (Å²) in [6.45, 7) is 0.00429. The average molecular weight is 603 g/mol. The van der Waals surface area contributed by atoms with Gasteiger partial charge in [0.05, 0.1) is 56.4 Å². The van der Waals surface area contributed by atoms with Crippen LogP contribution >= 0.6 is 11.6 Å². The molecule has 0 saturated heterocycles. The van der Waals surface area contributed by atoms with Crippen molar-refractivity contribution in [3.8, 4) is 17.2 Å². The Labute approximate surface area is 251 Å². The van der Waals surface area contributed by atoms with Crippen molar-refractivity contribution < 1.29 is 33.7 Å². The Morgan fingerprint density at radius 1 is 1.02 bits per heavy atom. The largest absolute Gasteiger partial charge is 0.497 e. The molecule has 4 aromatic rings. The molecule has 1 N–H and O–H groups in total. The summed E-state index contributed by atoms with van der Waals surface area (Å²) >= 11 is 5.96. The molecule has 0 bridgehead atoms. The minimum Gasteiger partial charge on any atom is -0.497 e. The van der Waals surface area contributed by atoms with Crippen molar-refractivity contribution in [3.63, 3.8) is 0 Å². The normalized spacial score (nSPS) is 13.3. The highest BCUT2D eigenvalue weighted by Crippen LogP contribution is 2.31. The zero-order chi connectivity index (χ0) is 30.5. The number of benzene rings is 3. The van der Waals surface area contributed by atoms with E-state index >= 15 is 0 Å². The number of fused-ring (bicyclic) bond motifs is 1. The van der Waals surface area contributed by atoms with Crippen LogP contribution in [0, 0.1) is 0 Å². The van der Waals surface area contributed by atoms with E-state index in [1.807, 2.05) is 18.2 Å². The molecule has 0 aliphatic carbocycles. The number of anilines is 1. The molecule has 1 aliphatic heterocycles. The number of ketones is 2. The standard InChI is InChI=1S/C31H27ClN4O7/c1-41-23-9-10-24(29(14-23)42-2)27(38)12-7-19-5-3-4-6-28(19)43-18-21-15-35(34-33-21)16-22(37)17-36-26-11-8-20(32)13-25(26)30(39)31(36)40/h3-15,22,37H,16-18H2,1-2H3/b12-7+. The summed E-state index contributed by atoms with van der Waals surface area (Å²) in [5, 5.41) is 19.1. The number of amides is 1. The lowest BCUT2D eigenvalue weighted by atomic mass is 10.1. The third kappa shape index (κ3) is 6.58. The summed E-state index contributed by atoms with van der Waals surface area (Å²) in [4.78, 5) is 38.9. The first-order valence-corrected chi connectivity index (χ1v) is 13.5. The van der Waals surface area contributed by atoms with Crippen LogP contribution in [-0.2, 0) is 17.9 Å². The van der Waals surface area contributed by atoms with E-state index in [1.165, 1.54) is 35.9 Å². The number of carbonyl (C=O) groups is 3. The Balaban J connectivity index is 1.19. The highest BCUT2D eigenvalue weighted by molar-refractivity contribution is 6.52. The van der Waals surface area contributed by atoms with E-state index in [-0.39, 0.29) is 31.0 Å². The Morgan fingerprint density at radius 3 is 2.63 bits per heavy atom. The number of nitrogens with zero attached hydrogens (tertiary/aromatic N) is 4. The first-order chi connectivity index (χ1) is 20.8. The molecule has 3 aromatic carbocycles. The number of aliphatic hydroxyl groups is 1. The van der Waals surface area contributed by atoms with Crippen molar-refractivity contribution in [2.24, 2.45) is 0 Å². The van der Waals surface area contributed by atoms with Crippen LogP contribution in [0.3, 0.4) is 0 Å². The fourth-order valence-corrected chi connectivity index (χ4v) is 4.76. The summed E-state index contributed by atoms with van der Waals surface area (Å²) in [7, 11) is 3.03. The summed E-state index contributed by atoms with van der Waals surface area (Å²) in [5.41, 5.74) is 2.19. The fourth-order valence-electron chi connectivity index (χ4n) is 4.59. The lowest BCUT2D eigenvalue weighted by Crippen LogP contribution is -2.38. The van der Waals surface area contributed by atoms with Crippen LogP contribution in [0.15, 0.2) is 72.9 Å². The number of para-hydroxylation sites is 1. The molecule has 0 saturated carbocycles. The molecule has 1 aliphatic rings. The van der Waals surface area contributed by atoms with E-state index in [9.17, 15) is 19.5 Å². The maximum absolute atomic E-state index is 12.9. The molecule has 11 nitrogen and oxygen atoms in total. The van der Waals surface area contributed by atoms with Gasteiger partial charge in [0.2, 0.25) is 0 Å². The van der Waals surface area contributed by atoms with Gasteiger partial charge in [-0.1, -0.05) is 35.0 Å². The number of rotatable bonds is 12. The van der Waals surface area contributed by atoms with Crippen LogP contribution in [0.5, 0.6) is 17.2 Å². The molecule has 43 heavy (non-hydrogen) atoms. The summed E-state index contributed by atoms with van der Waals surface area (Å²) < 4.78 is 17.9. The number of aliphatic hydroxyl groups excluding tert-OH is 1. The number of halogens is 1. The molecule has 2 heterocycles. The van der Waals surface area contributed by atoms with Gasteiger partial charge in [-0.3, -0.25) is 14.4 Å². The second-order valence-corrected chi connectivity index (χ2v) is 10.0. The number of aromatic nitrogens is 3. The summed E-state index contributed by atoms with van der Waals surface area (Å²) in [5.74, 6) is -0.118. The third-order valence-electron chi connectivity index (χ3n) is 6.69. The lowest BCUT2D eigenvalue weighted by molar-refractivity contribution is -0.114. The first-order valence-electron chi connectivity index (χ1n) is 13.2. The monoisotopic (exact) mass is 602 g/mol. The van der Waals surface area contributed by atoms with Gasteiger partial charge in [0.1, 0.15) is 29.5 Å². The second-order valence-electron chi connectivity index (χ2n) is 9.58. The van der Waals surface area contributed by atoms with Gasteiger partial charge in [-0.15, -0.1) is 5.10 Å². The average Bonchev–Trinajstić information content (AvgIpc) is 3.56. The predicted molar refractivity (Wildman–Crippen MR) is 158 cm³/mol. The lowest BCUT2D eigenvalue weighted by Gasteiger charge is -2.20. The molecular weight excluding hydrogens is 576 g/mol. The quantitative estimate of drug-likeness (QED) is 0.145. The second kappa shape index (κ2) is 12.9. The topological polar surface area (TPSA) is 133 Å². The van der Waals surface area contributed by atoms with Gasteiger partial charge < -0.3 is 24.2 Å². The van der Waals surface area contributed by atoms with Crippen molar-refractivity contribution in [2.45, 2.75) is 19.3 Å². The molecule has 1 atom stereocenters.